The van der Waals surface area contributed by atoms with E-state index in [4.69, 9.17) is 0 Å². The fourth-order valence-electron chi connectivity index (χ4n) is 2.84. The summed E-state index contributed by atoms with van der Waals surface area (Å²) in [5.74, 6) is -0.194. The van der Waals surface area contributed by atoms with Gasteiger partial charge in [0.05, 0.1) is 5.69 Å². The summed E-state index contributed by atoms with van der Waals surface area (Å²) >= 11 is 0. The van der Waals surface area contributed by atoms with Crippen LogP contribution in [0.15, 0.2) is 84.9 Å². The fraction of sp³-hybridized carbons (Fsp3) is 0.0455. The lowest BCUT2D eigenvalue weighted by atomic mass is 10.1. The van der Waals surface area contributed by atoms with Crippen LogP contribution in [0.5, 0.6) is 0 Å². The van der Waals surface area contributed by atoms with Crippen LogP contribution in [-0.4, -0.2) is 32.0 Å². The number of rotatable bonds is 6. The van der Waals surface area contributed by atoms with Crippen molar-refractivity contribution >= 4 is 23.2 Å². The molecule has 8 nitrogen and oxygen atoms in total. The molecule has 0 radical (unpaired) electrons. The molecule has 0 aliphatic carbocycles. The Labute approximate surface area is 172 Å². The number of carbonyl (C=O) groups is 2. The molecule has 0 bridgehead atoms. The van der Waals surface area contributed by atoms with Gasteiger partial charge in [-0.1, -0.05) is 48.5 Å². The second kappa shape index (κ2) is 8.78. The minimum atomic E-state index is -0.268. The Hall–Kier alpha value is -4.33. The summed E-state index contributed by atoms with van der Waals surface area (Å²) in [5.41, 5.74) is 2.40. The van der Waals surface area contributed by atoms with Gasteiger partial charge in [0.25, 0.3) is 5.91 Å². The zero-order valence-electron chi connectivity index (χ0n) is 15.9. The van der Waals surface area contributed by atoms with Crippen LogP contribution in [0.4, 0.5) is 11.4 Å². The van der Waals surface area contributed by atoms with E-state index in [9.17, 15) is 9.59 Å². The number of tetrazole rings is 1. The molecular weight excluding hydrogens is 380 g/mol. The highest BCUT2D eigenvalue weighted by molar-refractivity contribution is 6.06. The van der Waals surface area contributed by atoms with Crippen LogP contribution in [0.1, 0.15) is 10.4 Å². The van der Waals surface area contributed by atoms with Crippen molar-refractivity contribution in [2.75, 3.05) is 10.6 Å². The lowest BCUT2D eigenvalue weighted by Crippen LogP contribution is -2.20. The van der Waals surface area contributed by atoms with Crippen LogP contribution >= 0.6 is 0 Å². The third-order valence-corrected chi connectivity index (χ3v) is 4.25. The number of nitrogens with zero attached hydrogens (tertiary/aromatic N) is 4. The lowest BCUT2D eigenvalue weighted by Gasteiger charge is -2.08. The highest BCUT2D eigenvalue weighted by Gasteiger charge is 2.15. The van der Waals surface area contributed by atoms with Gasteiger partial charge in [-0.3, -0.25) is 9.59 Å². The van der Waals surface area contributed by atoms with Crippen molar-refractivity contribution in [1.29, 1.82) is 0 Å². The molecular formula is C22H18N6O2. The van der Waals surface area contributed by atoms with E-state index in [1.165, 1.54) is 4.80 Å². The normalized spacial score (nSPS) is 10.4. The first-order valence-electron chi connectivity index (χ1n) is 9.27. The minimum Gasteiger partial charge on any atom is -0.324 e. The molecule has 4 rings (SSSR count). The van der Waals surface area contributed by atoms with Crippen molar-refractivity contribution in [3.05, 3.63) is 90.5 Å². The first-order chi connectivity index (χ1) is 14.7. The molecule has 0 atom stereocenters. The molecule has 0 fully saturated rings. The third kappa shape index (κ3) is 4.56. The summed E-state index contributed by atoms with van der Waals surface area (Å²) in [7, 11) is 0. The van der Waals surface area contributed by atoms with Gasteiger partial charge in [0, 0.05) is 16.8 Å². The van der Waals surface area contributed by atoms with Crippen LogP contribution in [0.25, 0.3) is 11.4 Å². The maximum atomic E-state index is 12.5. The first kappa shape index (κ1) is 19.0. The second-order valence-corrected chi connectivity index (χ2v) is 6.42. The number of aromatic nitrogens is 4. The molecule has 0 unspecified atom stereocenters. The Morgan fingerprint density at radius 3 is 2.23 bits per heavy atom. The highest BCUT2D eigenvalue weighted by Crippen LogP contribution is 2.24. The van der Waals surface area contributed by atoms with E-state index in [0.29, 0.717) is 28.3 Å². The van der Waals surface area contributed by atoms with Crippen molar-refractivity contribution < 1.29 is 9.59 Å². The van der Waals surface area contributed by atoms with E-state index in [-0.39, 0.29) is 18.4 Å². The van der Waals surface area contributed by atoms with Crippen LogP contribution < -0.4 is 10.6 Å². The number of carbonyl (C=O) groups excluding carboxylic acids is 2. The monoisotopic (exact) mass is 398 g/mol. The predicted octanol–water partition coefficient (Wildman–Crippen LogP) is 3.23. The van der Waals surface area contributed by atoms with Gasteiger partial charge in [-0.15, -0.1) is 10.2 Å². The summed E-state index contributed by atoms with van der Waals surface area (Å²) in [6.07, 6.45) is 0. The maximum Gasteiger partial charge on any atom is 0.255 e. The summed E-state index contributed by atoms with van der Waals surface area (Å²) in [4.78, 5) is 25.9. The molecule has 2 N–H and O–H groups in total. The number of nitrogens with one attached hydrogen (secondary N) is 2. The molecule has 148 valence electrons. The van der Waals surface area contributed by atoms with Gasteiger partial charge in [-0.05, 0) is 41.6 Å². The number of amides is 2. The van der Waals surface area contributed by atoms with E-state index in [2.05, 4.69) is 26.0 Å². The Morgan fingerprint density at radius 2 is 1.47 bits per heavy atom. The first-order valence-corrected chi connectivity index (χ1v) is 9.27. The van der Waals surface area contributed by atoms with E-state index in [1.54, 1.807) is 48.5 Å². The number of anilines is 2. The summed E-state index contributed by atoms with van der Waals surface area (Å²) in [5, 5.41) is 17.9. The van der Waals surface area contributed by atoms with Gasteiger partial charge in [-0.25, -0.2) is 0 Å². The third-order valence-electron chi connectivity index (χ3n) is 4.25. The molecule has 0 saturated heterocycles. The van der Waals surface area contributed by atoms with E-state index < -0.39 is 0 Å². The molecule has 30 heavy (non-hydrogen) atoms. The zero-order chi connectivity index (χ0) is 20.8. The molecule has 1 heterocycles. The minimum absolute atomic E-state index is 0.0829. The van der Waals surface area contributed by atoms with Gasteiger partial charge in [0.1, 0.15) is 6.54 Å². The predicted molar refractivity (Wildman–Crippen MR) is 113 cm³/mol. The molecule has 4 aromatic rings. The molecule has 8 heteroatoms. The smallest absolute Gasteiger partial charge is 0.255 e. The fourth-order valence-corrected chi connectivity index (χ4v) is 2.84. The van der Waals surface area contributed by atoms with Crippen molar-refractivity contribution in [3.8, 4) is 11.4 Å². The van der Waals surface area contributed by atoms with Crippen molar-refractivity contribution in [1.82, 2.24) is 20.2 Å². The van der Waals surface area contributed by atoms with Gasteiger partial charge in [0.2, 0.25) is 11.7 Å². The number of hydrogen-bond acceptors (Lipinski definition) is 5. The van der Waals surface area contributed by atoms with Crippen LogP contribution in [0, 0.1) is 0 Å². The average molecular weight is 398 g/mol. The Morgan fingerprint density at radius 1 is 0.800 bits per heavy atom. The molecule has 2 amide bonds. The second-order valence-electron chi connectivity index (χ2n) is 6.42. The number of para-hydroxylation sites is 2. The van der Waals surface area contributed by atoms with Gasteiger partial charge < -0.3 is 10.6 Å². The maximum absolute atomic E-state index is 12.5. The van der Waals surface area contributed by atoms with E-state index in [1.807, 2.05) is 36.4 Å². The van der Waals surface area contributed by atoms with Gasteiger partial charge in [0.15, 0.2) is 0 Å². The summed E-state index contributed by atoms with van der Waals surface area (Å²) < 4.78 is 0. The Bertz CT molecular complexity index is 1160. The average Bonchev–Trinajstić information content (AvgIpc) is 3.23. The molecule has 1 aromatic heterocycles. The summed E-state index contributed by atoms with van der Waals surface area (Å²) in [6.45, 7) is -0.0829. The van der Waals surface area contributed by atoms with Crippen LogP contribution in [0.3, 0.4) is 0 Å². The molecule has 0 spiro atoms. The number of hydrogen-bond donors (Lipinski definition) is 2. The molecule has 0 aliphatic rings. The summed E-state index contributed by atoms with van der Waals surface area (Å²) in [6, 6.07) is 25.2. The Kier molecular flexibility index (Phi) is 5.56. The van der Waals surface area contributed by atoms with E-state index in [0.717, 1.165) is 0 Å². The lowest BCUT2D eigenvalue weighted by molar-refractivity contribution is -0.117. The SMILES string of the molecule is O=C(Cn1nnc(-c2ccccc2NC(=O)c2ccccc2)n1)Nc1ccccc1. The highest BCUT2D eigenvalue weighted by atomic mass is 16.2. The van der Waals surface area contributed by atoms with E-state index >= 15 is 0 Å². The van der Waals surface area contributed by atoms with Crippen molar-refractivity contribution in [3.63, 3.8) is 0 Å². The largest absolute Gasteiger partial charge is 0.324 e. The van der Waals surface area contributed by atoms with Crippen LogP contribution in [0.2, 0.25) is 0 Å². The van der Waals surface area contributed by atoms with Crippen LogP contribution in [-0.2, 0) is 11.3 Å². The van der Waals surface area contributed by atoms with Crippen molar-refractivity contribution in [2.24, 2.45) is 0 Å². The van der Waals surface area contributed by atoms with Crippen molar-refractivity contribution in [2.45, 2.75) is 6.54 Å². The number of benzene rings is 3. The van der Waals surface area contributed by atoms with Gasteiger partial charge in [-0.2, -0.15) is 4.80 Å². The molecule has 0 saturated carbocycles. The zero-order valence-corrected chi connectivity index (χ0v) is 15.9. The quantitative estimate of drug-likeness (QED) is 0.519. The Balaban J connectivity index is 1.48. The molecule has 0 aliphatic heterocycles. The molecule has 3 aromatic carbocycles. The van der Waals surface area contributed by atoms with Gasteiger partial charge >= 0.3 is 0 Å². The standard InChI is InChI=1S/C22H18N6O2/c29-20(23-17-11-5-2-6-12-17)15-28-26-21(25-27-28)18-13-7-8-14-19(18)24-22(30)16-9-3-1-4-10-16/h1-14H,15H2,(H,23,29)(H,24,30). The topological polar surface area (TPSA) is 102 Å².